The summed E-state index contributed by atoms with van der Waals surface area (Å²) in [5, 5.41) is 0. The first-order valence-corrected chi connectivity index (χ1v) is 3.94. The van der Waals surface area contributed by atoms with Crippen LogP contribution in [0.15, 0.2) is 24.5 Å². The lowest BCUT2D eigenvalue weighted by molar-refractivity contribution is 0.0600. The van der Waals surface area contributed by atoms with E-state index in [1.54, 1.807) is 18.2 Å². The van der Waals surface area contributed by atoms with Gasteiger partial charge in [0.15, 0.2) is 11.5 Å². The fraction of sp³-hybridized carbons (Fsp3) is 0.100. The highest BCUT2D eigenvalue weighted by Gasteiger charge is 2.13. The maximum Gasteiger partial charge on any atom is 0.337 e. The molecule has 0 bridgehead atoms. The van der Waals surface area contributed by atoms with Gasteiger partial charge in [-0.2, -0.15) is 0 Å². The Hall–Kier alpha value is -1.97. The normalized spacial score (nSPS) is 12.4. The minimum Gasteiger partial charge on any atom is -0.465 e. The zero-order chi connectivity index (χ0) is 9.97. The molecular weight excluding hydrogens is 184 g/mol. The highest BCUT2D eigenvalue weighted by atomic mass is 16.5. The van der Waals surface area contributed by atoms with Crippen molar-refractivity contribution in [3.8, 4) is 11.5 Å². The summed E-state index contributed by atoms with van der Waals surface area (Å²) in [6.07, 6.45) is 3.72. The summed E-state index contributed by atoms with van der Waals surface area (Å²) in [4.78, 5) is 11.2. The third-order valence-corrected chi connectivity index (χ3v) is 1.77. The Morgan fingerprint density at radius 3 is 3.07 bits per heavy atom. The third-order valence-electron chi connectivity index (χ3n) is 1.77. The Kier molecular flexibility index (Phi) is 2.10. The van der Waals surface area contributed by atoms with Gasteiger partial charge in [0.2, 0.25) is 6.26 Å². The summed E-state index contributed by atoms with van der Waals surface area (Å²) in [7, 11) is 1.33. The quantitative estimate of drug-likeness (QED) is 0.631. The number of hydrogen-bond donors (Lipinski definition) is 0. The van der Waals surface area contributed by atoms with Crippen molar-refractivity contribution in [3.05, 3.63) is 36.3 Å². The van der Waals surface area contributed by atoms with Gasteiger partial charge in [0, 0.05) is 0 Å². The van der Waals surface area contributed by atoms with Crippen molar-refractivity contribution < 1.29 is 19.0 Å². The van der Waals surface area contributed by atoms with E-state index in [9.17, 15) is 4.79 Å². The van der Waals surface area contributed by atoms with Crippen molar-refractivity contribution in [3.63, 3.8) is 0 Å². The topological polar surface area (TPSA) is 44.8 Å². The molecule has 1 radical (unpaired) electrons. The molecule has 1 aliphatic rings. The molecule has 4 nitrogen and oxygen atoms in total. The summed E-state index contributed by atoms with van der Waals surface area (Å²) in [6, 6.07) is 4.78. The van der Waals surface area contributed by atoms with Crippen molar-refractivity contribution in [2.75, 3.05) is 7.11 Å². The van der Waals surface area contributed by atoms with Gasteiger partial charge in [0.1, 0.15) is 6.26 Å². The van der Waals surface area contributed by atoms with Crippen LogP contribution in [0.3, 0.4) is 0 Å². The minimum atomic E-state index is -0.407. The molecule has 0 saturated carbocycles. The summed E-state index contributed by atoms with van der Waals surface area (Å²) >= 11 is 0. The van der Waals surface area contributed by atoms with Crippen LogP contribution in [0.4, 0.5) is 0 Å². The zero-order valence-corrected chi connectivity index (χ0v) is 7.44. The van der Waals surface area contributed by atoms with Crippen molar-refractivity contribution in [2.45, 2.75) is 0 Å². The van der Waals surface area contributed by atoms with E-state index in [2.05, 4.69) is 11.0 Å². The first-order valence-electron chi connectivity index (χ1n) is 3.94. The third kappa shape index (κ3) is 1.42. The molecule has 1 aromatic rings. The highest BCUT2D eigenvalue weighted by Crippen LogP contribution is 2.30. The van der Waals surface area contributed by atoms with Crippen LogP contribution in [0, 0.1) is 6.26 Å². The number of hydrogen-bond acceptors (Lipinski definition) is 4. The summed E-state index contributed by atoms with van der Waals surface area (Å²) in [5.41, 5.74) is 0.421. The molecule has 1 aromatic carbocycles. The number of ether oxygens (including phenoxy) is 3. The van der Waals surface area contributed by atoms with E-state index in [1.165, 1.54) is 13.4 Å². The minimum absolute atomic E-state index is 0.407. The van der Waals surface area contributed by atoms with Gasteiger partial charge in [-0.15, -0.1) is 0 Å². The second-order valence-corrected chi connectivity index (χ2v) is 2.61. The van der Waals surface area contributed by atoms with Crippen LogP contribution in [0.5, 0.6) is 11.5 Å². The maximum atomic E-state index is 11.2. The number of methoxy groups -OCH3 is 1. The first kappa shape index (κ1) is 8.62. The van der Waals surface area contributed by atoms with Gasteiger partial charge in [0.25, 0.3) is 0 Å². The van der Waals surface area contributed by atoms with Gasteiger partial charge in [-0.25, -0.2) is 4.79 Å². The molecule has 0 atom stereocenters. The number of esters is 1. The van der Waals surface area contributed by atoms with Crippen LogP contribution in [-0.2, 0) is 4.74 Å². The molecule has 4 heteroatoms. The zero-order valence-electron chi connectivity index (χ0n) is 7.44. The van der Waals surface area contributed by atoms with Crippen LogP contribution in [-0.4, -0.2) is 13.1 Å². The molecule has 0 aliphatic carbocycles. The van der Waals surface area contributed by atoms with Crippen LogP contribution < -0.4 is 9.47 Å². The Labute approximate surface area is 80.7 Å². The van der Waals surface area contributed by atoms with E-state index in [1.807, 2.05) is 0 Å². The molecule has 0 N–H and O–H groups in total. The van der Waals surface area contributed by atoms with Crippen LogP contribution >= 0.6 is 0 Å². The Bertz CT molecular complexity index is 395. The Morgan fingerprint density at radius 1 is 1.43 bits per heavy atom. The average Bonchev–Trinajstić information content (AvgIpc) is 2.27. The molecule has 2 rings (SSSR count). The van der Waals surface area contributed by atoms with E-state index >= 15 is 0 Å². The van der Waals surface area contributed by atoms with E-state index < -0.39 is 5.97 Å². The van der Waals surface area contributed by atoms with Crippen LogP contribution in [0.1, 0.15) is 10.4 Å². The summed E-state index contributed by atoms with van der Waals surface area (Å²) in [5.74, 6) is 0.599. The second-order valence-electron chi connectivity index (χ2n) is 2.61. The molecule has 1 heterocycles. The number of rotatable bonds is 1. The molecule has 0 saturated heterocycles. The van der Waals surface area contributed by atoms with E-state index in [0.717, 1.165) is 0 Å². The molecular formula is C10H7O4. The standard InChI is InChI=1S/C10H7O4/c1-12-10(11)7-2-3-8-9(6-7)14-5-4-13-8/h2-3,5-6H,1H3. The van der Waals surface area contributed by atoms with Gasteiger partial charge < -0.3 is 14.2 Å². The highest BCUT2D eigenvalue weighted by molar-refractivity contribution is 5.90. The van der Waals surface area contributed by atoms with Gasteiger partial charge in [-0.05, 0) is 18.2 Å². The number of carbonyl (C=O) groups is 1. The molecule has 0 amide bonds. The van der Waals surface area contributed by atoms with E-state index in [0.29, 0.717) is 17.1 Å². The van der Waals surface area contributed by atoms with Gasteiger partial charge in [-0.3, -0.25) is 0 Å². The van der Waals surface area contributed by atoms with Gasteiger partial charge in [0.05, 0.1) is 12.7 Å². The predicted molar refractivity (Wildman–Crippen MR) is 46.9 cm³/mol. The molecule has 71 valence electrons. The average molecular weight is 191 g/mol. The summed E-state index contributed by atoms with van der Waals surface area (Å²) < 4.78 is 14.7. The molecule has 14 heavy (non-hydrogen) atoms. The van der Waals surface area contributed by atoms with Gasteiger partial charge in [-0.1, -0.05) is 0 Å². The van der Waals surface area contributed by atoms with E-state index in [4.69, 9.17) is 9.47 Å². The monoisotopic (exact) mass is 191 g/mol. The van der Waals surface area contributed by atoms with Gasteiger partial charge >= 0.3 is 5.97 Å². The lowest BCUT2D eigenvalue weighted by Gasteiger charge is -2.11. The lowest BCUT2D eigenvalue weighted by Crippen LogP contribution is -2.03. The first-order chi connectivity index (χ1) is 6.81. The summed E-state index contributed by atoms with van der Waals surface area (Å²) in [6.45, 7) is 0. The molecule has 0 aromatic heterocycles. The van der Waals surface area contributed by atoms with Crippen LogP contribution in [0.2, 0.25) is 0 Å². The SMILES string of the molecule is COC(=O)c1ccc2c(c1)OC=[C]O2. The fourth-order valence-corrected chi connectivity index (χ4v) is 1.10. The second kappa shape index (κ2) is 3.41. The lowest BCUT2D eigenvalue weighted by atomic mass is 10.2. The molecule has 1 aliphatic heterocycles. The smallest absolute Gasteiger partial charge is 0.337 e. The molecule has 0 fully saturated rings. The van der Waals surface area contributed by atoms with Crippen LogP contribution in [0.25, 0.3) is 0 Å². The van der Waals surface area contributed by atoms with Crippen molar-refractivity contribution in [2.24, 2.45) is 0 Å². The number of fused-ring (bicyclic) bond motifs is 1. The van der Waals surface area contributed by atoms with Crippen molar-refractivity contribution >= 4 is 5.97 Å². The number of benzene rings is 1. The van der Waals surface area contributed by atoms with E-state index in [-0.39, 0.29) is 0 Å². The van der Waals surface area contributed by atoms with Crippen molar-refractivity contribution in [1.82, 2.24) is 0 Å². The molecule has 0 spiro atoms. The Morgan fingerprint density at radius 2 is 2.29 bits per heavy atom. The maximum absolute atomic E-state index is 11.2. The Balaban J connectivity index is 2.36. The fourth-order valence-electron chi connectivity index (χ4n) is 1.10. The largest absolute Gasteiger partial charge is 0.465 e. The molecule has 0 unspecified atom stereocenters. The van der Waals surface area contributed by atoms with Crippen molar-refractivity contribution in [1.29, 1.82) is 0 Å². The number of carbonyl (C=O) groups excluding carboxylic acids is 1. The predicted octanol–water partition coefficient (Wildman–Crippen LogP) is 1.52.